The van der Waals surface area contributed by atoms with Gasteiger partial charge in [-0.25, -0.2) is 0 Å². The van der Waals surface area contributed by atoms with Gasteiger partial charge in [0.15, 0.2) is 16.9 Å². The molecule has 1 atom stereocenters. The van der Waals surface area contributed by atoms with E-state index in [0.717, 1.165) is 0 Å². The highest BCUT2D eigenvalue weighted by Crippen LogP contribution is 2.42. The maximum Gasteiger partial charge on any atom is 0.257 e. The highest BCUT2D eigenvalue weighted by molar-refractivity contribution is 6.34. The molecule has 0 fully saturated rings. The quantitative estimate of drug-likeness (QED) is 0.286. The Bertz CT molecular complexity index is 1630. The molecular formula is C28H26ClN3O7. The number of benzene rings is 3. The van der Waals surface area contributed by atoms with E-state index in [9.17, 15) is 14.4 Å². The van der Waals surface area contributed by atoms with Crippen LogP contribution in [0.15, 0.2) is 63.8 Å². The third-order valence-corrected chi connectivity index (χ3v) is 6.15. The molecule has 0 aliphatic carbocycles. The number of halogens is 1. The van der Waals surface area contributed by atoms with E-state index in [2.05, 4.69) is 10.6 Å². The summed E-state index contributed by atoms with van der Waals surface area (Å²) >= 11 is 6.25. The Kier molecular flexibility index (Phi) is 8.08. The van der Waals surface area contributed by atoms with E-state index in [1.54, 1.807) is 43.3 Å². The van der Waals surface area contributed by atoms with Gasteiger partial charge in [0.25, 0.3) is 5.91 Å². The molecule has 0 bridgehead atoms. The summed E-state index contributed by atoms with van der Waals surface area (Å²) in [7, 11) is 4.33. The molecule has 0 aliphatic heterocycles. The van der Waals surface area contributed by atoms with Crippen molar-refractivity contribution in [3.8, 4) is 28.6 Å². The molecule has 11 heteroatoms. The van der Waals surface area contributed by atoms with Crippen molar-refractivity contribution in [2.75, 3.05) is 32.0 Å². The van der Waals surface area contributed by atoms with Gasteiger partial charge in [-0.15, -0.1) is 0 Å². The third kappa shape index (κ3) is 5.66. The van der Waals surface area contributed by atoms with Gasteiger partial charge in [0, 0.05) is 29.1 Å². The molecule has 4 rings (SSSR count). The molecule has 0 spiro atoms. The Morgan fingerprint density at radius 1 is 0.923 bits per heavy atom. The zero-order chi connectivity index (χ0) is 28.3. The van der Waals surface area contributed by atoms with Crippen molar-refractivity contribution in [3.05, 3.63) is 75.4 Å². The molecule has 3 aromatic carbocycles. The number of amides is 2. The molecule has 2 amide bonds. The summed E-state index contributed by atoms with van der Waals surface area (Å²) in [4.78, 5) is 38.1. The first-order chi connectivity index (χ1) is 18.7. The number of nitrogens with two attached hydrogens (primary N) is 1. The van der Waals surface area contributed by atoms with Crippen molar-refractivity contribution in [2.24, 2.45) is 5.73 Å². The Morgan fingerprint density at radius 2 is 1.64 bits per heavy atom. The molecule has 1 heterocycles. The predicted molar refractivity (Wildman–Crippen MR) is 149 cm³/mol. The van der Waals surface area contributed by atoms with Crippen LogP contribution in [-0.2, 0) is 4.79 Å². The molecule has 4 N–H and O–H groups in total. The number of carbonyl (C=O) groups is 2. The average molecular weight is 552 g/mol. The van der Waals surface area contributed by atoms with Gasteiger partial charge in [0.05, 0.1) is 38.0 Å². The Hall–Kier alpha value is -4.54. The SMILES string of the molecule is COc1cc2oc(-c3cccc(NC(=O)c4cc(NC(=O)[C@H](C)N)ccc4Cl)c3)cc(=O)c2c(OC)c1OC. The zero-order valence-corrected chi connectivity index (χ0v) is 22.3. The molecule has 0 saturated heterocycles. The van der Waals surface area contributed by atoms with E-state index in [1.165, 1.54) is 39.5 Å². The number of nitrogens with one attached hydrogen (secondary N) is 2. The monoisotopic (exact) mass is 551 g/mol. The molecule has 4 aromatic rings. The van der Waals surface area contributed by atoms with E-state index in [4.69, 9.17) is 36.0 Å². The first-order valence-corrected chi connectivity index (χ1v) is 12.1. The number of rotatable bonds is 8. The zero-order valence-electron chi connectivity index (χ0n) is 21.6. The van der Waals surface area contributed by atoms with Crippen molar-refractivity contribution >= 4 is 45.8 Å². The van der Waals surface area contributed by atoms with Gasteiger partial charge in [-0.05, 0) is 37.3 Å². The van der Waals surface area contributed by atoms with Gasteiger partial charge < -0.3 is 35.0 Å². The minimum atomic E-state index is -0.722. The van der Waals surface area contributed by atoms with E-state index >= 15 is 0 Å². The minimum Gasteiger partial charge on any atom is -0.493 e. The largest absolute Gasteiger partial charge is 0.493 e. The van der Waals surface area contributed by atoms with Gasteiger partial charge >= 0.3 is 0 Å². The first-order valence-electron chi connectivity index (χ1n) is 11.7. The van der Waals surface area contributed by atoms with E-state index in [-0.39, 0.29) is 44.2 Å². The summed E-state index contributed by atoms with van der Waals surface area (Å²) in [5.74, 6) is 0.162. The summed E-state index contributed by atoms with van der Waals surface area (Å²) in [6.45, 7) is 1.55. The maximum atomic E-state index is 13.1. The lowest BCUT2D eigenvalue weighted by atomic mass is 10.1. The second-order valence-corrected chi connectivity index (χ2v) is 8.91. The average Bonchev–Trinajstić information content (AvgIpc) is 2.92. The Morgan fingerprint density at radius 3 is 2.31 bits per heavy atom. The number of ether oxygens (including phenoxy) is 3. The van der Waals surface area contributed by atoms with Crippen LogP contribution in [0.2, 0.25) is 5.02 Å². The van der Waals surface area contributed by atoms with Crippen LogP contribution < -0.4 is 36.0 Å². The molecule has 202 valence electrons. The van der Waals surface area contributed by atoms with E-state index < -0.39 is 17.9 Å². The summed E-state index contributed by atoms with van der Waals surface area (Å²) in [5, 5.41) is 5.81. The van der Waals surface area contributed by atoms with Crippen LogP contribution in [0.1, 0.15) is 17.3 Å². The van der Waals surface area contributed by atoms with Gasteiger partial charge in [-0.2, -0.15) is 0 Å². The van der Waals surface area contributed by atoms with Crippen molar-refractivity contribution in [1.29, 1.82) is 0 Å². The molecule has 0 aliphatic rings. The third-order valence-electron chi connectivity index (χ3n) is 5.82. The normalized spacial score (nSPS) is 11.5. The fourth-order valence-electron chi connectivity index (χ4n) is 3.91. The number of anilines is 2. The highest BCUT2D eigenvalue weighted by atomic mass is 35.5. The fourth-order valence-corrected chi connectivity index (χ4v) is 4.11. The number of hydrogen-bond donors (Lipinski definition) is 3. The van der Waals surface area contributed by atoms with Crippen molar-refractivity contribution in [2.45, 2.75) is 13.0 Å². The Labute approximate surface area is 228 Å². The van der Waals surface area contributed by atoms with Gasteiger partial charge in [0.1, 0.15) is 16.7 Å². The Balaban J connectivity index is 1.67. The minimum absolute atomic E-state index is 0.148. The van der Waals surface area contributed by atoms with Gasteiger partial charge in [-0.1, -0.05) is 23.7 Å². The highest BCUT2D eigenvalue weighted by Gasteiger charge is 2.21. The fraction of sp³-hybridized carbons (Fsp3) is 0.179. The van der Waals surface area contributed by atoms with Crippen molar-refractivity contribution in [1.82, 2.24) is 0 Å². The second kappa shape index (κ2) is 11.5. The lowest BCUT2D eigenvalue weighted by molar-refractivity contribution is -0.117. The summed E-state index contributed by atoms with van der Waals surface area (Å²) < 4.78 is 22.2. The molecular weight excluding hydrogens is 526 g/mol. The van der Waals surface area contributed by atoms with Crippen molar-refractivity contribution < 1.29 is 28.2 Å². The van der Waals surface area contributed by atoms with Crippen LogP contribution in [0.3, 0.4) is 0 Å². The van der Waals surface area contributed by atoms with E-state index in [0.29, 0.717) is 22.7 Å². The smallest absolute Gasteiger partial charge is 0.257 e. The van der Waals surface area contributed by atoms with Gasteiger partial charge in [-0.3, -0.25) is 14.4 Å². The van der Waals surface area contributed by atoms with Crippen LogP contribution in [-0.4, -0.2) is 39.2 Å². The second-order valence-electron chi connectivity index (χ2n) is 8.50. The first kappa shape index (κ1) is 27.5. The van der Waals surface area contributed by atoms with Crippen molar-refractivity contribution in [3.63, 3.8) is 0 Å². The lowest BCUT2D eigenvalue weighted by Gasteiger charge is -2.14. The molecule has 39 heavy (non-hydrogen) atoms. The topological polar surface area (TPSA) is 142 Å². The van der Waals surface area contributed by atoms with Crippen LogP contribution in [0, 0.1) is 0 Å². The summed E-state index contributed by atoms with van der Waals surface area (Å²) in [6, 6.07) is 13.4. The molecule has 0 radical (unpaired) electrons. The van der Waals surface area contributed by atoms with Crippen LogP contribution in [0.25, 0.3) is 22.3 Å². The number of fused-ring (bicyclic) bond motifs is 1. The van der Waals surface area contributed by atoms with Crippen LogP contribution >= 0.6 is 11.6 Å². The molecule has 0 unspecified atom stereocenters. The maximum absolute atomic E-state index is 13.1. The number of hydrogen-bond acceptors (Lipinski definition) is 8. The number of carbonyl (C=O) groups excluding carboxylic acids is 2. The van der Waals surface area contributed by atoms with Gasteiger partial charge in [0.2, 0.25) is 11.7 Å². The predicted octanol–water partition coefficient (Wildman–Crippen LogP) is 4.68. The molecule has 1 aromatic heterocycles. The molecule has 0 saturated carbocycles. The van der Waals surface area contributed by atoms with E-state index in [1.807, 2.05) is 0 Å². The number of methoxy groups -OCH3 is 3. The molecule has 10 nitrogen and oxygen atoms in total. The van der Waals surface area contributed by atoms with Crippen LogP contribution in [0.5, 0.6) is 17.2 Å². The lowest BCUT2D eigenvalue weighted by Crippen LogP contribution is -2.32. The summed E-state index contributed by atoms with van der Waals surface area (Å²) in [5.41, 5.74) is 6.96. The summed E-state index contributed by atoms with van der Waals surface area (Å²) in [6.07, 6.45) is 0. The van der Waals surface area contributed by atoms with Crippen LogP contribution in [0.4, 0.5) is 11.4 Å². The standard InChI is InChI=1S/C28H26ClN3O7/c1-14(30)27(34)31-17-8-9-19(29)18(11-17)28(35)32-16-7-5-6-15(10-16)21-12-20(33)24-22(39-21)13-23(36-2)25(37-3)26(24)38-4/h5-14H,30H2,1-4H3,(H,31,34)(H,32,35)/t14-/m0/s1.